The van der Waals surface area contributed by atoms with Crippen molar-refractivity contribution < 1.29 is 0 Å². The molecule has 0 bridgehead atoms. The van der Waals surface area contributed by atoms with E-state index in [1.807, 2.05) is 0 Å². The van der Waals surface area contributed by atoms with Crippen molar-refractivity contribution in [2.45, 2.75) is 57.3 Å². The van der Waals surface area contributed by atoms with Gasteiger partial charge < -0.3 is 4.90 Å². The van der Waals surface area contributed by atoms with Crippen molar-refractivity contribution >= 4 is 38.6 Å². The van der Waals surface area contributed by atoms with Crippen molar-refractivity contribution in [1.29, 1.82) is 0 Å². The number of fused-ring (bicyclic) bond motifs is 5. The Bertz CT molecular complexity index is 2300. The summed E-state index contributed by atoms with van der Waals surface area (Å²) in [5.41, 5.74) is 13.0. The van der Waals surface area contributed by atoms with Gasteiger partial charge in [-0.05, 0) is 110 Å². The average molecular weight is 620 g/mol. The first-order chi connectivity index (χ1) is 23.6. The Kier molecular flexibility index (Phi) is 6.97. The molecule has 1 saturated carbocycles. The highest BCUT2D eigenvalue weighted by atomic mass is 15.1. The molecular formula is C47H41N. The third kappa shape index (κ3) is 4.75. The van der Waals surface area contributed by atoms with E-state index in [2.05, 4.69) is 164 Å². The van der Waals surface area contributed by atoms with Gasteiger partial charge in [-0.1, -0.05) is 142 Å². The van der Waals surface area contributed by atoms with Crippen LogP contribution in [0.4, 0.5) is 17.1 Å². The van der Waals surface area contributed by atoms with E-state index in [9.17, 15) is 0 Å². The minimum atomic E-state index is -0.0804. The Morgan fingerprint density at radius 2 is 1.19 bits per heavy atom. The van der Waals surface area contributed by atoms with Crippen LogP contribution in [0.5, 0.6) is 0 Å². The van der Waals surface area contributed by atoms with Crippen LogP contribution >= 0.6 is 0 Å². The lowest BCUT2D eigenvalue weighted by Crippen LogP contribution is -2.17. The quantitative estimate of drug-likeness (QED) is 0.185. The molecule has 1 nitrogen and oxygen atoms in total. The number of hydrogen-bond donors (Lipinski definition) is 0. The van der Waals surface area contributed by atoms with Gasteiger partial charge >= 0.3 is 0 Å². The predicted octanol–water partition coefficient (Wildman–Crippen LogP) is 13.5. The lowest BCUT2D eigenvalue weighted by atomic mass is 9.82. The molecule has 0 saturated heterocycles. The number of anilines is 3. The molecule has 2 aliphatic carbocycles. The van der Waals surface area contributed by atoms with Crippen molar-refractivity contribution in [2.24, 2.45) is 0 Å². The van der Waals surface area contributed by atoms with Gasteiger partial charge in [-0.3, -0.25) is 0 Å². The van der Waals surface area contributed by atoms with E-state index in [-0.39, 0.29) is 5.41 Å². The van der Waals surface area contributed by atoms with Gasteiger partial charge in [0.05, 0.1) is 5.69 Å². The fraction of sp³-hybridized carbons (Fsp3) is 0.191. The minimum absolute atomic E-state index is 0.0804. The molecule has 0 aromatic heterocycles. The number of benzene rings is 7. The molecule has 0 radical (unpaired) electrons. The fourth-order valence-corrected chi connectivity index (χ4v) is 8.68. The summed E-state index contributed by atoms with van der Waals surface area (Å²) in [5.74, 6) is 0.675. The molecule has 0 unspecified atom stereocenters. The summed E-state index contributed by atoms with van der Waals surface area (Å²) in [6, 6.07) is 54.8. The smallest absolute Gasteiger partial charge is 0.0546 e. The molecule has 1 fully saturated rings. The maximum atomic E-state index is 2.51. The van der Waals surface area contributed by atoms with E-state index in [1.54, 1.807) is 0 Å². The number of rotatable bonds is 5. The Balaban J connectivity index is 1.28. The van der Waals surface area contributed by atoms with Gasteiger partial charge in [0.15, 0.2) is 0 Å². The van der Waals surface area contributed by atoms with E-state index in [1.165, 1.54) is 110 Å². The van der Waals surface area contributed by atoms with Crippen molar-refractivity contribution in [3.05, 3.63) is 162 Å². The van der Waals surface area contributed by atoms with Crippen molar-refractivity contribution in [2.75, 3.05) is 4.90 Å². The molecule has 0 atom stereocenters. The van der Waals surface area contributed by atoms with Crippen LogP contribution in [0, 0.1) is 0 Å². The Morgan fingerprint density at radius 3 is 2.02 bits per heavy atom. The van der Waals surface area contributed by atoms with Gasteiger partial charge in [0, 0.05) is 22.4 Å². The summed E-state index contributed by atoms with van der Waals surface area (Å²) in [6.45, 7) is 4.75. The topological polar surface area (TPSA) is 3.24 Å². The Labute approximate surface area is 284 Å². The highest BCUT2D eigenvalue weighted by molar-refractivity contribution is 6.07. The molecular weight excluding hydrogens is 579 g/mol. The van der Waals surface area contributed by atoms with Crippen LogP contribution in [0.2, 0.25) is 0 Å². The van der Waals surface area contributed by atoms with E-state index < -0.39 is 0 Å². The van der Waals surface area contributed by atoms with E-state index >= 15 is 0 Å². The summed E-state index contributed by atoms with van der Waals surface area (Å²) in [6.07, 6.45) is 6.68. The highest BCUT2D eigenvalue weighted by Crippen LogP contribution is 2.52. The zero-order valence-corrected chi connectivity index (χ0v) is 27.9. The maximum absolute atomic E-state index is 2.51. The first kappa shape index (κ1) is 29.0. The summed E-state index contributed by atoms with van der Waals surface area (Å²) in [5, 5.41) is 5.04. The highest BCUT2D eigenvalue weighted by Gasteiger charge is 2.36. The molecule has 9 rings (SSSR count). The van der Waals surface area contributed by atoms with Crippen LogP contribution < -0.4 is 4.90 Å². The maximum Gasteiger partial charge on any atom is 0.0546 e. The standard InChI is InChI=1S/C47H41N/c1-47(2)43-19-11-10-18-41(43)42-28-27-39(31-44(42)47)48(38-25-22-34(23-26-38)32-12-4-3-5-13-32)45-29-24-35-15-8-9-17-40(35)46(45)37-21-20-33-14-6-7-16-36(33)30-37/h6-11,14-32H,3-5,12-13H2,1-2H3. The Morgan fingerprint density at radius 1 is 0.521 bits per heavy atom. The lowest BCUT2D eigenvalue weighted by molar-refractivity contribution is 0.443. The first-order valence-electron chi connectivity index (χ1n) is 17.7. The molecule has 7 aromatic rings. The molecule has 0 aliphatic heterocycles. The van der Waals surface area contributed by atoms with E-state index in [0.717, 1.165) is 0 Å². The normalized spacial score (nSPS) is 15.4. The second-order valence-corrected chi connectivity index (χ2v) is 14.4. The van der Waals surface area contributed by atoms with Gasteiger partial charge in [0.2, 0.25) is 0 Å². The zero-order valence-electron chi connectivity index (χ0n) is 27.9. The third-order valence-electron chi connectivity index (χ3n) is 11.2. The SMILES string of the molecule is CC1(C)c2ccccc2-c2ccc(N(c3ccc(C4CCCCC4)cc3)c3ccc4ccccc4c3-c3ccc4ccccc4c3)cc21. The molecule has 48 heavy (non-hydrogen) atoms. The van der Waals surface area contributed by atoms with E-state index in [4.69, 9.17) is 0 Å². The van der Waals surface area contributed by atoms with Crippen LogP contribution in [-0.2, 0) is 5.41 Å². The van der Waals surface area contributed by atoms with Gasteiger partial charge in [-0.15, -0.1) is 0 Å². The minimum Gasteiger partial charge on any atom is -0.310 e. The average Bonchev–Trinajstić information content (AvgIpc) is 3.37. The van der Waals surface area contributed by atoms with Crippen LogP contribution in [0.1, 0.15) is 68.6 Å². The molecule has 0 heterocycles. The van der Waals surface area contributed by atoms with Gasteiger partial charge in [-0.2, -0.15) is 0 Å². The predicted molar refractivity (Wildman–Crippen MR) is 205 cm³/mol. The molecule has 2 aliphatic rings. The molecule has 7 aromatic carbocycles. The van der Waals surface area contributed by atoms with Crippen LogP contribution in [0.15, 0.2) is 146 Å². The summed E-state index contributed by atoms with van der Waals surface area (Å²) in [7, 11) is 0. The van der Waals surface area contributed by atoms with Crippen LogP contribution in [-0.4, -0.2) is 0 Å². The van der Waals surface area contributed by atoms with Crippen molar-refractivity contribution in [3.8, 4) is 22.3 Å². The van der Waals surface area contributed by atoms with Crippen molar-refractivity contribution in [3.63, 3.8) is 0 Å². The fourth-order valence-electron chi connectivity index (χ4n) is 8.68. The second-order valence-electron chi connectivity index (χ2n) is 14.4. The molecule has 1 heteroatoms. The third-order valence-corrected chi connectivity index (χ3v) is 11.2. The molecule has 234 valence electrons. The summed E-state index contributed by atoms with van der Waals surface area (Å²) >= 11 is 0. The van der Waals surface area contributed by atoms with E-state index in [0.29, 0.717) is 5.92 Å². The molecule has 0 N–H and O–H groups in total. The van der Waals surface area contributed by atoms with Gasteiger partial charge in [0.1, 0.15) is 0 Å². The van der Waals surface area contributed by atoms with Gasteiger partial charge in [0.25, 0.3) is 0 Å². The van der Waals surface area contributed by atoms with Gasteiger partial charge in [-0.25, -0.2) is 0 Å². The number of nitrogens with zero attached hydrogens (tertiary/aromatic N) is 1. The Hall–Kier alpha value is -5.14. The summed E-state index contributed by atoms with van der Waals surface area (Å²) < 4.78 is 0. The number of hydrogen-bond acceptors (Lipinski definition) is 1. The monoisotopic (exact) mass is 619 g/mol. The second kappa shape index (κ2) is 11.5. The summed E-state index contributed by atoms with van der Waals surface area (Å²) in [4.78, 5) is 2.51. The largest absolute Gasteiger partial charge is 0.310 e. The van der Waals surface area contributed by atoms with Crippen LogP contribution in [0.3, 0.4) is 0 Å². The zero-order chi connectivity index (χ0) is 32.2. The molecule has 0 amide bonds. The lowest BCUT2D eigenvalue weighted by Gasteiger charge is -2.31. The van der Waals surface area contributed by atoms with Crippen molar-refractivity contribution in [1.82, 2.24) is 0 Å². The molecule has 0 spiro atoms. The van der Waals surface area contributed by atoms with Crippen LogP contribution in [0.25, 0.3) is 43.8 Å². The first-order valence-corrected chi connectivity index (χ1v) is 17.7.